The zero-order chi connectivity index (χ0) is 26.8. The van der Waals surface area contributed by atoms with Crippen molar-refractivity contribution in [2.45, 2.75) is 33.0 Å². The standard InChI is InChI=1S/C24H25F3N6O3S/c1-3-33(37(35,36)4-2)20-8-6-5-7-15(20)13-28-22-18(24(25,26)27)14-29-23(32-22)30-17-9-10-19-16(11-17)12-21(34)31-19/h5-11,14H,3-4,12-13H2,1-2H3,(H,31,34)(H2,28,29,30,32). The van der Waals surface area contributed by atoms with Crippen molar-refractivity contribution in [2.24, 2.45) is 0 Å². The molecule has 37 heavy (non-hydrogen) atoms. The van der Waals surface area contributed by atoms with Crippen LogP contribution in [0, 0.1) is 0 Å². The van der Waals surface area contributed by atoms with Gasteiger partial charge in [-0.05, 0) is 49.2 Å². The number of hydrogen-bond donors (Lipinski definition) is 3. The number of alkyl halides is 3. The molecule has 3 aromatic rings. The molecule has 0 unspecified atom stereocenters. The molecule has 1 aliphatic rings. The van der Waals surface area contributed by atoms with Crippen LogP contribution in [0.15, 0.2) is 48.7 Å². The molecule has 0 saturated heterocycles. The van der Waals surface area contributed by atoms with E-state index in [0.29, 0.717) is 28.8 Å². The number of aromatic nitrogens is 2. The normalized spacial score (nSPS) is 13.2. The predicted molar refractivity (Wildman–Crippen MR) is 135 cm³/mol. The number of benzene rings is 2. The van der Waals surface area contributed by atoms with E-state index in [1.807, 2.05) is 0 Å². The number of carbonyl (C=O) groups excluding carboxylic acids is 1. The number of nitrogens with one attached hydrogen (secondary N) is 3. The maximum absolute atomic E-state index is 13.7. The summed E-state index contributed by atoms with van der Waals surface area (Å²) in [6.07, 6.45) is -3.84. The van der Waals surface area contributed by atoms with Crippen LogP contribution in [0.2, 0.25) is 0 Å². The Kier molecular flexibility index (Phi) is 7.25. The lowest BCUT2D eigenvalue weighted by molar-refractivity contribution is -0.137. The Bertz CT molecular complexity index is 1430. The van der Waals surface area contributed by atoms with E-state index in [-0.39, 0.29) is 37.1 Å². The minimum atomic E-state index is -4.72. The molecule has 0 bridgehead atoms. The van der Waals surface area contributed by atoms with Crippen LogP contribution in [-0.2, 0) is 34.0 Å². The van der Waals surface area contributed by atoms with Gasteiger partial charge in [-0.15, -0.1) is 0 Å². The van der Waals surface area contributed by atoms with Crippen LogP contribution in [0.5, 0.6) is 0 Å². The average Bonchev–Trinajstić information content (AvgIpc) is 3.22. The molecule has 9 nitrogen and oxygen atoms in total. The van der Waals surface area contributed by atoms with E-state index in [2.05, 4.69) is 25.9 Å². The van der Waals surface area contributed by atoms with Gasteiger partial charge in [-0.1, -0.05) is 18.2 Å². The summed E-state index contributed by atoms with van der Waals surface area (Å²) in [6, 6.07) is 11.6. The highest BCUT2D eigenvalue weighted by Crippen LogP contribution is 2.35. The van der Waals surface area contributed by atoms with E-state index >= 15 is 0 Å². The third-order valence-electron chi connectivity index (χ3n) is 5.78. The largest absolute Gasteiger partial charge is 0.421 e. The van der Waals surface area contributed by atoms with Crippen molar-refractivity contribution in [3.63, 3.8) is 0 Å². The first-order valence-corrected chi connectivity index (χ1v) is 13.1. The fourth-order valence-electron chi connectivity index (χ4n) is 3.98. The summed E-state index contributed by atoms with van der Waals surface area (Å²) in [7, 11) is -3.59. The fraction of sp³-hybridized carbons (Fsp3) is 0.292. The summed E-state index contributed by atoms with van der Waals surface area (Å²) in [6.45, 7) is 3.27. The number of para-hydroxylation sites is 1. The van der Waals surface area contributed by atoms with Crippen LogP contribution in [0.25, 0.3) is 0 Å². The first-order valence-electron chi connectivity index (χ1n) is 11.5. The van der Waals surface area contributed by atoms with Gasteiger partial charge in [0.15, 0.2) is 0 Å². The van der Waals surface area contributed by atoms with E-state index < -0.39 is 27.6 Å². The van der Waals surface area contributed by atoms with Crippen LogP contribution in [0.3, 0.4) is 0 Å². The lowest BCUT2D eigenvalue weighted by atomic mass is 10.1. The Balaban J connectivity index is 1.62. The number of sulfonamides is 1. The van der Waals surface area contributed by atoms with Crippen molar-refractivity contribution < 1.29 is 26.4 Å². The third-order valence-corrected chi connectivity index (χ3v) is 7.63. The highest BCUT2D eigenvalue weighted by molar-refractivity contribution is 7.92. The van der Waals surface area contributed by atoms with Gasteiger partial charge in [-0.2, -0.15) is 18.2 Å². The Morgan fingerprint density at radius 2 is 1.89 bits per heavy atom. The molecule has 0 saturated carbocycles. The molecule has 1 aliphatic heterocycles. The van der Waals surface area contributed by atoms with Gasteiger partial charge >= 0.3 is 6.18 Å². The lowest BCUT2D eigenvalue weighted by Crippen LogP contribution is -2.33. The molecular formula is C24H25F3N6O3S. The number of hydrogen-bond acceptors (Lipinski definition) is 7. The zero-order valence-electron chi connectivity index (χ0n) is 20.1. The predicted octanol–water partition coefficient (Wildman–Crippen LogP) is 4.52. The maximum atomic E-state index is 13.7. The molecule has 0 radical (unpaired) electrons. The number of nitrogens with zero attached hydrogens (tertiary/aromatic N) is 3. The summed E-state index contributed by atoms with van der Waals surface area (Å²) < 4.78 is 67.5. The SMILES string of the molecule is CCN(c1ccccc1CNc1nc(Nc2ccc3c(c2)CC(=O)N3)ncc1C(F)(F)F)S(=O)(=O)CC. The van der Waals surface area contributed by atoms with Crippen molar-refractivity contribution in [3.8, 4) is 0 Å². The summed E-state index contributed by atoms with van der Waals surface area (Å²) >= 11 is 0. The van der Waals surface area contributed by atoms with Crippen LogP contribution >= 0.6 is 0 Å². The fourth-order valence-corrected chi connectivity index (χ4v) is 5.16. The van der Waals surface area contributed by atoms with Crippen molar-refractivity contribution in [2.75, 3.05) is 32.6 Å². The van der Waals surface area contributed by atoms with E-state index in [1.165, 1.54) is 11.2 Å². The summed E-state index contributed by atoms with van der Waals surface area (Å²) in [5, 5.41) is 8.30. The van der Waals surface area contributed by atoms with Crippen molar-refractivity contribution >= 4 is 44.8 Å². The molecular weight excluding hydrogens is 509 g/mol. The number of fused-ring (bicyclic) bond motifs is 1. The second kappa shape index (κ2) is 10.2. The van der Waals surface area contributed by atoms with Crippen molar-refractivity contribution in [1.29, 1.82) is 0 Å². The monoisotopic (exact) mass is 534 g/mol. The molecule has 1 amide bonds. The van der Waals surface area contributed by atoms with Crippen molar-refractivity contribution in [3.05, 3.63) is 65.4 Å². The van der Waals surface area contributed by atoms with Gasteiger partial charge in [-0.25, -0.2) is 13.4 Å². The first kappa shape index (κ1) is 26.2. The summed E-state index contributed by atoms with van der Waals surface area (Å²) in [5.74, 6) is -0.795. The minimum absolute atomic E-state index is 0.0789. The highest BCUT2D eigenvalue weighted by atomic mass is 32.2. The number of rotatable bonds is 9. The Morgan fingerprint density at radius 3 is 2.59 bits per heavy atom. The second-order valence-corrected chi connectivity index (χ2v) is 10.4. The maximum Gasteiger partial charge on any atom is 0.421 e. The number of amides is 1. The van der Waals surface area contributed by atoms with Gasteiger partial charge in [0.2, 0.25) is 21.9 Å². The molecule has 0 atom stereocenters. The molecule has 196 valence electrons. The van der Waals surface area contributed by atoms with Crippen LogP contribution in [-0.4, -0.2) is 36.6 Å². The van der Waals surface area contributed by atoms with Gasteiger partial charge in [-0.3, -0.25) is 9.10 Å². The van der Waals surface area contributed by atoms with Gasteiger partial charge < -0.3 is 16.0 Å². The summed E-state index contributed by atoms with van der Waals surface area (Å²) in [5.41, 5.74) is 1.73. The smallest absolute Gasteiger partial charge is 0.365 e. The lowest BCUT2D eigenvalue weighted by Gasteiger charge is -2.25. The minimum Gasteiger partial charge on any atom is -0.365 e. The molecule has 0 fully saturated rings. The van der Waals surface area contributed by atoms with Crippen LogP contribution < -0.4 is 20.3 Å². The van der Waals surface area contributed by atoms with Crippen LogP contribution in [0.1, 0.15) is 30.5 Å². The van der Waals surface area contributed by atoms with E-state index in [0.717, 1.165) is 5.56 Å². The van der Waals surface area contributed by atoms with Gasteiger partial charge in [0, 0.05) is 30.7 Å². The summed E-state index contributed by atoms with van der Waals surface area (Å²) in [4.78, 5) is 19.4. The van der Waals surface area contributed by atoms with E-state index in [9.17, 15) is 26.4 Å². The molecule has 3 N–H and O–H groups in total. The Morgan fingerprint density at radius 1 is 1.14 bits per heavy atom. The van der Waals surface area contributed by atoms with Crippen LogP contribution in [0.4, 0.5) is 42.0 Å². The van der Waals surface area contributed by atoms with E-state index in [4.69, 9.17) is 0 Å². The van der Waals surface area contributed by atoms with Gasteiger partial charge in [0.25, 0.3) is 0 Å². The first-order chi connectivity index (χ1) is 17.5. The molecule has 13 heteroatoms. The molecule has 0 aliphatic carbocycles. The quantitative estimate of drug-likeness (QED) is 0.370. The Hall–Kier alpha value is -3.87. The van der Waals surface area contributed by atoms with E-state index in [1.54, 1.807) is 49.4 Å². The second-order valence-electron chi connectivity index (χ2n) is 8.22. The van der Waals surface area contributed by atoms with Gasteiger partial charge in [0.1, 0.15) is 11.4 Å². The molecule has 2 aromatic carbocycles. The number of anilines is 5. The zero-order valence-corrected chi connectivity index (χ0v) is 20.9. The molecule has 0 spiro atoms. The highest BCUT2D eigenvalue weighted by Gasteiger charge is 2.35. The topological polar surface area (TPSA) is 116 Å². The molecule has 2 heterocycles. The van der Waals surface area contributed by atoms with Gasteiger partial charge in [0.05, 0.1) is 17.9 Å². The number of carbonyl (C=O) groups is 1. The molecule has 1 aromatic heterocycles. The third kappa shape index (κ3) is 5.77. The molecule has 4 rings (SSSR count). The Labute approximate surface area is 212 Å². The van der Waals surface area contributed by atoms with Crippen molar-refractivity contribution in [1.82, 2.24) is 9.97 Å². The average molecular weight is 535 g/mol. The number of halogens is 3.